The predicted octanol–water partition coefficient (Wildman–Crippen LogP) is 2.15. The summed E-state index contributed by atoms with van der Waals surface area (Å²) in [5.74, 6) is -0.143. The summed E-state index contributed by atoms with van der Waals surface area (Å²) in [5.41, 5.74) is 0. The van der Waals surface area contributed by atoms with Crippen molar-refractivity contribution in [1.29, 1.82) is 0 Å². The zero-order chi connectivity index (χ0) is 11.4. The summed E-state index contributed by atoms with van der Waals surface area (Å²) in [7, 11) is 0. The fourth-order valence-corrected chi connectivity index (χ4v) is 2.07. The molecule has 2 atom stereocenters. The van der Waals surface area contributed by atoms with Gasteiger partial charge in [-0.3, -0.25) is 4.79 Å². The maximum Gasteiger partial charge on any atom is 0.263 e. The number of aliphatic hydroxyl groups excluding tert-OH is 1. The van der Waals surface area contributed by atoms with Crippen LogP contribution < -0.4 is 5.32 Å². The van der Waals surface area contributed by atoms with Gasteiger partial charge in [-0.25, -0.2) is 0 Å². The fraction of sp³-hybridized carbons (Fsp3) is 0.500. The van der Waals surface area contributed by atoms with Crippen LogP contribution in [0.5, 0.6) is 0 Å². The highest BCUT2D eigenvalue weighted by Crippen LogP contribution is 2.21. The van der Waals surface area contributed by atoms with Crippen molar-refractivity contribution in [3.05, 3.63) is 21.3 Å². The number of halogens is 1. The molecule has 1 heterocycles. The van der Waals surface area contributed by atoms with E-state index in [1.807, 2.05) is 13.8 Å². The number of thiophene rings is 1. The molecule has 0 fully saturated rings. The first-order valence-corrected chi connectivity index (χ1v) is 5.96. The van der Waals surface area contributed by atoms with Crippen molar-refractivity contribution in [1.82, 2.24) is 5.32 Å². The van der Waals surface area contributed by atoms with E-state index in [2.05, 4.69) is 5.32 Å². The Hall–Kier alpha value is -0.580. The summed E-state index contributed by atoms with van der Waals surface area (Å²) in [6, 6.07) is 1.63. The Morgan fingerprint density at radius 1 is 1.67 bits per heavy atom. The molecule has 0 aliphatic carbocycles. The summed E-state index contributed by atoms with van der Waals surface area (Å²) in [5, 5.41) is 14.0. The molecule has 2 N–H and O–H groups in total. The molecule has 15 heavy (non-hydrogen) atoms. The summed E-state index contributed by atoms with van der Waals surface area (Å²) in [6.45, 7) is 3.79. The molecule has 0 saturated carbocycles. The van der Waals surface area contributed by atoms with Gasteiger partial charge in [0.05, 0.1) is 5.02 Å². The van der Waals surface area contributed by atoms with E-state index in [1.54, 1.807) is 11.4 Å². The number of nitrogens with one attached hydrogen (secondary N) is 1. The van der Waals surface area contributed by atoms with Crippen LogP contribution in [0.4, 0.5) is 0 Å². The molecular weight excluding hydrogens is 234 g/mol. The Labute approximate surface area is 98.1 Å². The van der Waals surface area contributed by atoms with Gasteiger partial charge in [0.15, 0.2) is 0 Å². The topological polar surface area (TPSA) is 49.3 Å². The third-order valence-electron chi connectivity index (χ3n) is 2.32. The number of amides is 1. The minimum Gasteiger partial charge on any atom is -0.396 e. The zero-order valence-electron chi connectivity index (χ0n) is 8.66. The molecule has 2 unspecified atom stereocenters. The highest BCUT2D eigenvalue weighted by Gasteiger charge is 2.17. The minimum absolute atomic E-state index is 0.0349. The van der Waals surface area contributed by atoms with Gasteiger partial charge in [0.1, 0.15) is 4.88 Å². The average Bonchev–Trinajstić information content (AvgIpc) is 2.63. The smallest absolute Gasteiger partial charge is 0.263 e. The van der Waals surface area contributed by atoms with Crippen molar-refractivity contribution in [2.75, 3.05) is 6.61 Å². The van der Waals surface area contributed by atoms with E-state index in [0.29, 0.717) is 9.90 Å². The number of hydrogen-bond donors (Lipinski definition) is 2. The summed E-state index contributed by atoms with van der Waals surface area (Å²) in [6.07, 6.45) is 0. The fourth-order valence-electron chi connectivity index (χ4n) is 1.03. The monoisotopic (exact) mass is 247 g/mol. The number of carbonyl (C=O) groups is 1. The summed E-state index contributed by atoms with van der Waals surface area (Å²) in [4.78, 5) is 12.2. The molecule has 5 heteroatoms. The van der Waals surface area contributed by atoms with Crippen LogP contribution in [0.3, 0.4) is 0 Å². The lowest BCUT2D eigenvalue weighted by Crippen LogP contribution is -2.38. The van der Waals surface area contributed by atoms with Crippen LogP contribution in [0.1, 0.15) is 23.5 Å². The van der Waals surface area contributed by atoms with Crippen molar-refractivity contribution in [3.63, 3.8) is 0 Å². The normalized spacial score (nSPS) is 14.7. The SMILES string of the molecule is CC(CO)C(C)NC(=O)c1sccc1Cl. The second-order valence-electron chi connectivity index (χ2n) is 3.52. The zero-order valence-corrected chi connectivity index (χ0v) is 10.2. The van der Waals surface area contributed by atoms with E-state index < -0.39 is 0 Å². The third kappa shape index (κ3) is 3.19. The van der Waals surface area contributed by atoms with Gasteiger partial charge in [-0.05, 0) is 24.3 Å². The van der Waals surface area contributed by atoms with Gasteiger partial charge in [-0.2, -0.15) is 0 Å². The van der Waals surface area contributed by atoms with E-state index in [9.17, 15) is 4.79 Å². The Morgan fingerprint density at radius 2 is 2.33 bits per heavy atom. The van der Waals surface area contributed by atoms with E-state index >= 15 is 0 Å². The Kier molecular flexibility index (Phi) is 4.57. The molecular formula is C10H14ClNO2S. The molecule has 1 amide bonds. The van der Waals surface area contributed by atoms with Gasteiger partial charge in [0.25, 0.3) is 5.91 Å². The molecule has 0 aliphatic heterocycles. The van der Waals surface area contributed by atoms with Crippen molar-refractivity contribution >= 4 is 28.8 Å². The van der Waals surface area contributed by atoms with E-state index in [1.165, 1.54) is 11.3 Å². The number of carbonyl (C=O) groups excluding carboxylic acids is 1. The van der Waals surface area contributed by atoms with Gasteiger partial charge >= 0.3 is 0 Å². The van der Waals surface area contributed by atoms with Crippen LogP contribution in [0, 0.1) is 5.92 Å². The highest BCUT2D eigenvalue weighted by atomic mass is 35.5. The first-order valence-electron chi connectivity index (χ1n) is 4.71. The number of aliphatic hydroxyl groups is 1. The van der Waals surface area contributed by atoms with Crippen LogP contribution in [-0.4, -0.2) is 23.7 Å². The standard InChI is InChI=1S/C10H14ClNO2S/c1-6(5-13)7(2)12-10(14)9-8(11)3-4-15-9/h3-4,6-7,13H,5H2,1-2H3,(H,12,14). The lowest BCUT2D eigenvalue weighted by atomic mass is 10.1. The van der Waals surface area contributed by atoms with Gasteiger partial charge in [-0.1, -0.05) is 18.5 Å². The summed E-state index contributed by atoms with van der Waals surface area (Å²) < 4.78 is 0. The Morgan fingerprint density at radius 3 is 2.80 bits per heavy atom. The predicted molar refractivity (Wildman–Crippen MR) is 62.5 cm³/mol. The molecule has 0 radical (unpaired) electrons. The quantitative estimate of drug-likeness (QED) is 0.857. The second-order valence-corrected chi connectivity index (χ2v) is 4.84. The third-order valence-corrected chi connectivity index (χ3v) is 3.66. The lowest BCUT2D eigenvalue weighted by molar-refractivity contribution is 0.0920. The molecule has 1 rings (SSSR count). The van der Waals surface area contributed by atoms with Gasteiger partial charge in [-0.15, -0.1) is 11.3 Å². The van der Waals surface area contributed by atoms with E-state index in [4.69, 9.17) is 16.7 Å². The molecule has 0 saturated heterocycles. The van der Waals surface area contributed by atoms with Crippen LogP contribution in [0.25, 0.3) is 0 Å². The molecule has 0 spiro atoms. The second kappa shape index (κ2) is 5.49. The molecule has 1 aromatic heterocycles. The van der Waals surface area contributed by atoms with Gasteiger partial charge in [0.2, 0.25) is 0 Å². The molecule has 0 bridgehead atoms. The average molecular weight is 248 g/mol. The van der Waals surface area contributed by atoms with Gasteiger partial charge in [0, 0.05) is 12.6 Å². The van der Waals surface area contributed by atoms with Crippen molar-refractivity contribution in [2.24, 2.45) is 5.92 Å². The highest BCUT2D eigenvalue weighted by molar-refractivity contribution is 7.12. The largest absolute Gasteiger partial charge is 0.396 e. The van der Waals surface area contributed by atoms with E-state index in [0.717, 1.165) is 0 Å². The van der Waals surface area contributed by atoms with Crippen LogP contribution >= 0.6 is 22.9 Å². The van der Waals surface area contributed by atoms with Crippen LogP contribution in [-0.2, 0) is 0 Å². The van der Waals surface area contributed by atoms with E-state index in [-0.39, 0.29) is 24.5 Å². The first-order chi connectivity index (χ1) is 7.06. The molecule has 3 nitrogen and oxygen atoms in total. The number of hydrogen-bond acceptors (Lipinski definition) is 3. The van der Waals surface area contributed by atoms with Crippen LogP contribution in [0.15, 0.2) is 11.4 Å². The maximum absolute atomic E-state index is 11.7. The number of rotatable bonds is 4. The van der Waals surface area contributed by atoms with Gasteiger partial charge < -0.3 is 10.4 Å². The minimum atomic E-state index is -0.178. The summed E-state index contributed by atoms with van der Waals surface area (Å²) >= 11 is 7.14. The lowest BCUT2D eigenvalue weighted by Gasteiger charge is -2.18. The first kappa shape index (κ1) is 12.5. The van der Waals surface area contributed by atoms with Crippen molar-refractivity contribution in [3.8, 4) is 0 Å². The molecule has 84 valence electrons. The molecule has 0 aromatic carbocycles. The molecule has 0 aliphatic rings. The maximum atomic E-state index is 11.7. The Balaban J connectivity index is 2.60. The Bertz CT molecular complexity index is 340. The van der Waals surface area contributed by atoms with Crippen molar-refractivity contribution < 1.29 is 9.90 Å². The molecule has 1 aromatic rings. The van der Waals surface area contributed by atoms with Crippen LogP contribution in [0.2, 0.25) is 5.02 Å². The van der Waals surface area contributed by atoms with Crippen molar-refractivity contribution in [2.45, 2.75) is 19.9 Å².